The zero-order chi connectivity index (χ0) is 19.1. The summed E-state index contributed by atoms with van der Waals surface area (Å²) in [6, 6.07) is 3.69. The number of nitrogens with one attached hydrogen (secondary N) is 1. The molecular formula is C15H8F6N4O. The van der Waals surface area contributed by atoms with Gasteiger partial charge in [0.1, 0.15) is 0 Å². The Balaban J connectivity index is 1.99. The van der Waals surface area contributed by atoms with Crippen LogP contribution in [-0.2, 0) is 12.4 Å². The van der Waals surface area contributed by atoms with Crippen LogP contribution in [0.25, 0.3) is 10.9 Å². The van der Waals surface area contributed by atoms with E-state index in [1.165, 1.54) is 6.07 Å². The summed E-state index contributed by atoms with van der Waals surface area (Å²) in [5.41, 5.74) is -2.76. The first-order valence-corrected chi connectivity index (χ1v) is 6.96. The highest BCUT2D eigenvalue weighted by molar-refractivity contribution is 5.98. The molecular weight excluding hydrogens is 366 g/mol. The Kier molecular flexibility index (Phi) is 4.09. The topological polar surface area (TPSA) is 59.8 Å². The average Bonchev–Trinajstić information content (AvgIpc) is 2.94. The minimum absolute atomic E-state index is 0.184. The molecule has 136 valence electrons. The SMILES string of the molecule is O=C(Nc1cccc(C(F)(F)F)c1)n1nc(C(F)(F)F)c2cnccc21. The molecule has 0 radical (unpaired) electrons. The van der Waals surface area contributed by atoms with Gasteiger partial charge in [-0.2, -0.15) is 36.1 Å². The van der Waals surface area contributed by atoms with Gasteiger partial charge in [0.2, 0.25) is 0 Å². The van der Waals surface area contributed by atoms with Crippen molar-refractivity contribution in [1.82, 2.24) is 14.8 Å². The molecule has 0 bridgehead atoms. The molecule has 0 aliphatic carbocycles. The van der Waals surface area contributed by atoms with E-state index >= 15 is 0 Å². The lowest BCUT2D eigenvalue weighted by atomic mass is 10.2. The van der Waals surface area contributed by atoms with Crippen molar-refractivity contribution in [2.24, 2.45) is 0 Å². The standard InChI is InChI=1S/C15H8F6N4O/c16-14(17,18)8-2-1-3-9(6-8)23-13(26)25-11-4-5-22-7-10(11)12(24-25)15(19,20)21/h1-7H,(H,23,26). The van der Waals surface area contributed by atoms with Crippen LogP contribution in [0.5, 0.6) is 0 Å². The lowest BCUT2D eigenvalue weighted by molar-refractivity contribution is -0.140. The van der Waals surface area contributed by atoms with E-state index in [2.05, 4.69) is 15.4 Å². The van der Waals surface area contributed by atoms with Crippen LogP contribution in [0, 0.1) is 0 Å². The molecule has 3 aromatic rings. The third kappa shape index (κ3) is 3.32. The van der Waals surface area contributed by atoms with Crippen molar-refractivity contribution in [3.8, 4) is 0 Å². The Morgan fingerprint density at radius 2 is 1.77 bits per heavy atom. The van der Waals surface area contributed by atoms with Crippen LogP contribution in [0.2, 0.25) is 0 Å². The summed E-state index contributed by atoms with van der Waals surface area (Å²) in [5, 5.41) is 4.94. The van der Waals surface area contributed by atoms with Crippen molar-refractivity contribution in [3.05, 3.63) is 54.0 Å². The molecule has 1 aromatic carbocycles. The van der Waals surface area contributed by atoms with Gasteiger partial charge in [-0.3, -0.25) is 4.98 Å². The molecule has 5 nitrogen and oxygen atoms in total. The molecule has 1 N–H and O–H groups in total. The number of anilines is 1. The van der Waals surface area contributed by atoms with Crippen LogP contribution < -0.4 is 5.32 Å². The number of aromatic nitrogens is 3. The molecule has 0 atom stereocenters. The zero-order valence-corrected chi connectivity index (χ0v) is 12.6. The second-order valence-electron chi connectivity index (χ2n) is 5.16. The fourth-order valence-electron chi connectivity index (χ4n) is 2.28. The number of pyridine rings is 1. The molecule has 0 spiro atoms. The van der Waals surface area contributed by atoms with E-state index in [-0.39, 0.29) is 11.2 Å². The first kappa shape index (κ1) is 17.7. The lowest BCUT2D eigenvalue weighted by Gasteiger charge is -2.10. The smallest absolute Gasteiger partial charge is 0.306 e. The molecule has 3 rings (SSSR count). The third-order valence-electron chi connectivity index (χ3n) is 3.38. The van der Waals surface area contributed by atoms with Crippen molar-refractivity contribution in [3.63, 3.8) is 0 Å². The number of alkyl halides is 6. The van der Waals surface area contributed by atoms with Crippen LogP contribution >= 0.6 is 0 Å². The van der Waals surface area contributed by atoms with Gasteiger partial charge in [-0.1, -0.05) is 6.07 Å². The fourth-order valence-corrected chi connectivity index (χ4v) is 2.28. The van der Waals surface area contributed by atoms with Gasteiger partial charge < -0.3 is 5.32 Å². The van der Waals surface area contributed by atoms with Gasteiger partial charge in [-0.15, -0.1) is 0 Å². The first-order valence-electron chi connectivity index (χ1n) is 6.96. The molecule has 0 unspecified atom stereocenters. The zero-order valence-electron chi connectivity index (χ0n) is 12.6. The van der Waals surface area contributed by atoms with E-state index in [1.54, 1.807) is 0 Å². The summed E-state index contributed by atoms with van der Waals surface area (Å²) < 4.78 is 77.7. The Hall–Kier alpha value is -3.11. The van der Waals surface area contributed by atoms with Gasteiger partial charge in [0.15, 0.2) is 5.69 Å². The van der Waals surface area contributed by atoms with Crippen LogP contribution in [0.15, 0.2) is 42.7 Å². The summed E-state index contributed by atoms with van der Waals surface area (Å²) in [6.07, 6.45) is -7.39. The maximum atomic E-state index is 13.0. The Morgan fingerprint density at radius 3 is 2.42 bits per heavy atom. The summed E-state index contributed by atoms with van der Waals surface area (Å²) in [5.74, 6) is 0. The van der Waals surface area contributed by atoms with Gasteiger partial charge in [-0.25, -0.2) is 4.79 Å². The van der Waals surface area contributed by atoms with E-state index in [9.17, 15) is 31.1 Å². The molecule has 11 heteroatoms. The summed E-state index contributed by atoms with van der Waals surface area (Å²) >= 11 is 0. The molecule has 0 fully saturated rings. The van der Waals surface area contributed by atoms with E-state index in [0.29, 0.717) is 10.7 Å². The molecule has 0 saturated carbocycles. The second-order valence-corrected chi connectivity index (χ2v) is 5.16. The molecule has 26 heavy (non-hydrogen) atoms. The Bertz CT molecular complexity index is 976. The van der Waals surface area contributed by atoms with Gasteiger partial charge >= 0.3 is 18.4 Å². The number of amides is 1. The predicted octanol–water partition coefficient (Wildman–Crippen LogP) is 4.55. The lowest BCUT2D eigenvalue weighted by Crippen LogP contribution is -2.21. The molecule has 2 heterocycles. The maximum absolute atomic E-state index is 13.0. The van der Waals surface area contributed by atoms with Gasteiger partial charge in [0.25, 0.3) is 0 Å². The number of carbonyl (C=O) groups excluding carboxylic acids is 1. The molecule has 0 aliphatic rings. The summed E-state index contributed by atoms with van der Waals surface area (Å²) in [6.45, 7) is 0. The second kappa shape index (κ2) is 6.00. The molecule has 1 amide bonds. The predicted molar refractivity (Wildman–Crippen MR) is 78.4 cm³/mol. The van der Waals surface area contributed by atoms with E-state index < -0.39 is 35.0 Å². The number of fused-ring (bicyclic) bond motifs is 1. The third-order valence-corrected chi connectivity index (χ3v) is 3.38. The van der Waals surface area contributed by atoms with Gasteiger partial charge in [0.05, 0.1) is 16.5 Å². The number of rotatable bonds is 1. The maximum Gasteiger partial charge on any atom is 0.435 e. The fraction of sp³-hybridized carbons (Fsp3) is 0.133. The number of hydrogen-bond donors (Lipinski definition) is 1. The van der Waals surface area contributed by atoms with Crippen molar-refractivity contribution in [2.45, 2.75) is 12.4 Å². The van der Waals surface area contributed by atoms with Crippen molar-refractivity contribution in [2.75, 3.05) is 5.32 Å². The minimum Gasteiger partial charge on any atom is -0.306 e. The highest BCUT2D eigenvalue weighted by Gasteiger charge is 2.37. The van der Waals surface area contributed by atoms with Gasteiger partial charge in [0, 0.05) is 18.1 Å². The molecule has 0 aliphatic heterocycles. The van der Waals surface area contributed by atoms with Crippen molar-refractivity contribution >= 4 is 22.6 Å². The number of carbonyl (C=O) groups is 1. The van der Waals surface area contributed by atoms with E-state index in [1.807, 2.05) is 0 Å². The van der Waals surface area contributed by atoms with E-state index in [0.717, 1.165) is 30.6 Å². The summed E-state index contributed by atoms with van der Waals surface area (Å²) in [4.78, 5) is 15.8. The number of benzene rings is 1. The number of halogens is 6. The number of nitrogens with zero attached hydrogens (tertiary/aromatic N) is 3. The van der Waals surface area contributed by atoms with E-state index in [4.69, 9.17) is 0 Å². The largest absolute Gasteiger partial charge is 0.435 e. The normalized spacial score (nSPS) is 12.4. The van der Waals surface area contributed by atoms with Crippen LogP contribution in [0.3, 0.4) is 0 Å². The van der Waals surface area contributed by atoms with Gasteiger partial charge in [-0.05, 0) is 24.3 Å². The highest BCUT2D eigenvalue weighted by Crippen LogP contribution is 2.34. The van der Waals surface area contributed by atoms with Crippen molar-refractivity contribution in [1.29, 1.82) is 0 Å². The van der Waals surface area contributed by atoms with Crippen LogP contribution in [-0.4, -0.2) is 20.8 Å². The van der Waals surface area contributed by atoms with Crippen LogP contribution in [0.4, 0.5) is 36.8 Å². The average molecular weight is 374 g/mol. The molecule has 0 saturated heterocycles. The Morgan fingerprint density at radius 1 is 1.04 bits per heavy atom. The minimum atomic E-state index is -4.83. The Labute approximate surface area is 141 Å². The van der Waals surface area contributed by atoms with Crippen LogP contribution in [0.1, 0.15) is 11.3 Å². The summed E-state index contributed by atoms with van der Waals surface area (Å²) in [7, 11) is 0. The monoisotopic (exact) mass is 374 g/mol. The highest BCUT2D eigenvalue weighted by atomic mass is 19.4. The number of hydrogen-bond acceptors (Lipinski definition) is 3. The molecule has 2 aromatic heterocycles. The first-order chi connectivity index (χ1) is 12.1. The quantitative estimate of drug-likeness (QED) is 0.636. The van der Waals surface area contributed by atoms with Crippen molar-refractivity contribution < 1.29 is 31.1 Å².